The Kier molecular flexibility index (Phi) is 3.95. The molecule has 17 heavy (non-hydrogen) atoms. The number of methoxy groups -OCH3 is 1. The van der Waals surface area contributed by atoms with Gasteiger partial charge in [-0.2, -0.15) is 0 Å². The van der Waals surface area contributed by atoms with E-state index >= 15 is 0 Å². The summed E-state index contributed by atoms with van der Waals surface area (Å²) in [5.41, 5.74) is 0.818. The fourth-order valence-corrected chi connectivity index (χ4v) is 2.09. The van der Waals surface area contributed by atoms with Crippen molar-refractivity contribution >= 4 is 21.7 Å². The molecule has 1 aromatic rings. The zero-order valence-corrected chi connectivity index (χ0v) is 10.2. The van der Waals surface area contributed by atoms with E-state index in [0.717, 1.165) is 7.11 Å². The summed E-state index contributed by atoms with van der Waals surface area (Å²) < 4.78 is 29.4. The molecular weight excluding hydrogens is 246 g/mol. The van der Waals surface area contributed by atoms with E-state index in [1.165, 1.54) is 12.1 Å². The second-order valence-electron chi connectivity index (χ2n) is 3.44. The minimum Gasteiger partial charge on any atom is -0.508 e. The second kappa shape index (κ2) is 5.05. The van der Waals surface area contributed by atoms with Crippen molar-refractivity contribution in [1.82, 2.24) is 0 Å². The third kappa shape index (κ3) is 3.95. The van der Waals surface area contributed by atoms with E-state index in [-0.39, 0.29) is 11.4 Å². The minimum atomic E-state index is -3.81. The predicted octanol–water partition coefficient (Wildman–Crippen LogP) is 0.615. The number of hydrogen-bond acceptors (Lipinski definition) is 5. The lowest BCUT2D eigenvalue weighted by atomic mass is 10.2. The molecule has 0 amide bonds. The summed E-state index contributed by atoms with van der Waals surface area (Å²) in [4.78, 5) is 10.8. The lowest BCUT2D eigenvalue weighted by molar-refractivity contribution is -0.137. The van der Waals surface area contributed by atoms with E-state index in [2.05, 4.69) is 9.46 Å². The summed E-state index contributed by atoms with van der Waals surface area (Å²) in [7, 11) is -2.70. The van der Waals surface area contributed by atoms with Gasteiger partial charge in [0.1, 0.15) is 5.75 Å². The third-order valence-electron chi connectivity index (χ3n) is 2.02. The number of aryl methyl sites for hydroxylation is 1. The summed E-state index contributed by atoms with van der Waals surface area (Å²) in [5.74, 6) is -1.64. The van der Waals surface area contributed by atoms with Gasteiger partial charge in [0, 0.05) is 6.07 Å². The van der Waals surface area contributed by atoms with Gasteiger partial charge in [0.25, 0.3) is 0 Å². The van der Waals surface area contributed by atoms with Crippen LogP contribution in [0, 0.1) is 6.92 Å². The van der Waals surface area contributed by atoms with Crippen molar-refractivity contribution in [3.05, 3.63) is 23.8 Å². The standard InChI is InChI=1S/C10H13NO5S/c1-7-3-4-8(5-9(7)12)11-17(14,15)6-10(13)16-2/h3-5,11-12H,6H2,1-2H3. The highest BCUT2D eigenvalue weighted by Crippen LogP contribution is 2.21. The van der Waals surface area contributed by atoms with Crippen molar-refractivity contribution in [1.29, 1.82) is 0 Å². The molecule has 0 aliphatic heterocycles. The number of benzene rings is 1. The minimum absolute atomic E-state index is 0.0248. The lowest BCUT2D eigenvalue weighted by Gasteiger charge is -2.08. The Bertz CT molecular complexity index is 523. The van der Waals surface area contributed by atoms with Crippen LogP contribution in [0.4, 0.5) is 5.69 Å². The van der Waals surface area contributed by atoms with Crippen LogP contribution >= 0.6 is 0 Å². The van der Waals surface area contributed by atoms with Crippen LogP contribution in [0.2, 0.25) is 0 Å². The van der Waals surface area contributed by atoms with Gasteiger partial charge in [-0.3, -0.25) is 9.52 Å². The van der Waals surface area contributed by atoms with Crippen molar-refractivity contribution in [2.75, 3.05) is 17.6 Å². The molecule has 0 atom stereocenters. The van der Waals surface area contributed by atoms with Gasteiger partial charge in [-0.25, -0.2) is 8.42 Å². The molecule has 0 saturated carbocycles. The average Bonchev–Trinajstić information content (AvgIpc) is 2.22. The van der Waals surface area contributed by atoms with Gasteiger partial charge in [0.2, 0.25) is 10.0 Å². The van der Waals surface area contributed by atoms with Gasteiger partial charge in [-0.05, 0) is 18.6 Å². The van der Waals surface area contributed by atoms with Crippen molar-refractivity contribution in [3.8, 4) is 5.75 Å². The molecule has 0 aromatic heterocycles. The van der Waals surface area contributed by atoms with E-state index in [4.69, 9.17) is 0 Å². The molecular formula is C10H13NO5S. The normalized spacial score (nSPS) is 10.9. The predicted molar refractivity (Wildman–Crippen MR) is 62.3 cm³/mol. The number of ether oxygens (including phenoxy) is 1. The van der Waals surface area contributed by atoms with Gasteiger partial charge >= 0.3 is 5.97 Å². The first-order chi connectivity index (χ1) is 7.84. The number of phenolic OH excluding ortho intramolecular Hbond substituents is 1. The number of carbonyl (C=O) groups is 1. The summed E-state index contributed by atoms with van der Waals surface area (Å²) >= 11 is 0. The topological polar surface area (TPSA) is 92.7 Å². The maximum Gasteiger partial charge on any atom is 0.322 e. The van der Waals surface area contributed by atoms with E-state index in [9.17, 15) is 18.3 Å². The van der Waals surface area contributed by atoms with Crippen LogP contribution in [-0.4, -0.2) is 32.4 Å². The Morgan fingerprint density at radius 2 is 2.12 bits per heavy atom. The Balaban J connectivity index is 2.83. The molecule has 0 radical (unpaired) electrons. The first-order valence-corrected chi connectivity index (χ1v) is 6.36. The Labute approximate surface area is 99.3 Å². The molecule has 94 valence electrons. The Hall–Kier alpha value is -1.76. The number of anilines is 1. The third-order valence-corrected chi connectivity index (χ3v) is 3.18. The second-order valence-corrected chi connectivity index (χ2v) is 5.16. The molecule has 0 heterocycles. The summed E-state index contributed by atoms with van der Waals surface area (Å²) in [6.45, 7) is 1.68. The fourth-order valence-electron chi connectivity index (χ4n) is 1.10. The van der Waals surface area contributed by atoms with Crippen LogP contribution < -0.4 is 4.72 Å². The van der Waals surface area contributed by atoms with Crippen LogP contribution in [0.5, 0.6) is 5.75 Å². The van der Waals surface area contributed by atoms with Crippen LogP contribution in [0.25, 0.3) is 0 Å². The highest BCUT2D eigenvalue weighted by molar-refractivity contribution is 7.93. The van der Waals surface area contributed by atoms with E-state index in [1.807, 2.05) is 0 Å². The van der Waals surface area contributed by atoms with Gasteiger partial charge < -0.3 is 9.84 Å². The molecule has 7 heteroatoms. The van der Waals surface area contributed by atoms with Crippen molar-refractivity contribution in [3.63, 3.8) is 0 Å². The van der Waals surface area contributed by atoms with Gasteiger partial charge in [0.05, 0.1) is 12.8 Å². The highest BCUT2D eigenvalue weighted by Gasteiger charge is 2.17. The molecule has 6 nitrogen and oxygen atoms in total. The number of hydrogen-bond donors (Lipinski definition) is 2. The summed E-state index contributed by atoms with van der Waals surface area (Å²) in [6, 6.07) is 4.32. The Morgan fingerprint density at radius 3 is 2.65 bits per heavy atom. The first kappa shape index (κ1) is 13.3. The summed E-state index contributed by atoms with van der Waals surface area (Å²) in [6.07, 6.45) is 0. The maximum absolute atomic E-state index is 11.5. The molecule has 1 aromatic carbocycles. The molecule has 2 N–H and O–H groups in total. The Morgan fingerprint density at radius 1 is 1.47 bits per heavy atom. The van der Waals surface area contributed by atoms with Crippen LogP contribution in [0.15, 0.2) is 18.2 Å². The summed E-state index contributed by atoms with van der Waals surface area (Å²) in [5, 5.41) is 9.40. The van der Waals surface area contributed by atoms with Crippen molar-refractivity contribution < 1.29 is 23.1 Å². The molecule has 0 aliphatic rings. The number of carbonyl (C=O) groups excluding carboxylic acids is 1. The smallest absolute Gasteiger partial charge is 0.322 e. The number of aromatic hydroxyl groups is 1. The van der Waals surface area contributed by atoms with E-state index in [1.54, 1.807) is 13.0 Å². The number of sulfonamides is 1. The fraction of sp³-hybridized carbons (Fsp3) is 0.300. The largest absolute Gasteiger partial charge is 0.508 e. The number of esters is 1. The first-order valence-electron chi connectivity index (χ1n) is 4.71. The quantitative estimate of drug-likeness (QED) is 0.773. The van der Waals surface area contributed by atoms with Crippen molar-refractivity contribution in [2.45, 2.75) is 6.92 Å². The monoisotopic (exact) mass is 259 g/mol. The molecule has 0 fully saturated rings. The molecule has 0 bridgehead atoms. The van der Waals surface area contributed by atoms with Crippen molar-refractivity contribution in [2.24, 2.45) is 0 Å². The molecule has 0 unspecified atom stereocenters. The van der Waals surface area contributed by atoms with E-state index < -0.39 is 21.7 Å². The number of nitrogens with one attached hydrogen (secondary N) is 1. The molecule has 0 saturated heterocycles. The van der Waals surface area contributed by atoms with Gasteiger partial charge in [-0.1, -0.05) is 6.07 Å². The van der Waals surface area contributed by atoms with Gasteiger partial charge in [0.15, 0.2) is 5.75 Å². The lowest BCUT2D eigenvalue weighted by Crippen LogP contribution is -2.23. The number of rotatable bonds is 4. The van der Waals surface area contributed by atoms with E-state index in [0.29, 0.717) is 5.56 Å². The zero-order chi connectivity index (χ0) is 13.1. The maximum atomic E-state index is 11.5. The molecule has 1 rings (SSSR count). The SMILES string of the molecule is COC(=O)CS(=O)(=O)Nc1ccc(C)c(O)c1. The average molecular weight is 259 g/mol. The van der Waals surface area contributed by atoms with Gasteiger partial charge in [-0.15, -0.1) is 0 Å². The van der Waals surface area contributed by atoms with Crippen LogP contribution in [0.3, 0.4) is 0 Å². The molecule has 0 aliphatic carbocycles. The number of phenols is 1. The van der Waals surface area contributed by atoms with Crippen LogP contribution in [0.1, 0.15) is 5.56 Å². The zero-order valence-electron chi connectivity index (χ0n) is 9.43. The highest BCUT2D eigenvalue weighted by atomic mass is 32.2. The molecule has 0 spiro atoms. The van der Waals surface area contributed by atoms with Crippen LogP contribution in [-0.2, 0) is 19.6 Å².